The minimum atomic E-state index is -1.10. The number of benzene rings is 4. The summed E-state index contributed by atoms with van der Waals surface area (Å²) in [5.41, 5.74) is 4.70. The van der Waals surface area contributed by atoms with Crippen molar-refractivity contribution in [3.05, 3.63) is 119 Å². The van der Waals surface area contributed by atoms with Gasteiger partial charge in [-0.3, -0.25) is 4.79 Å². The van der Waals surface area contributed by atoms with Gasteiger partial charge in [0.05, 0.1) is 17.1 Å². The molecule has 55 heavy (non-hydrogen) atoms. The molecular formula is C42H47ClN8O3S. The summed E-state index contributed by atoms with van der Waals surface area (Å²) in [5.74, 6) is 0.518. The van der Waals surface area contributed by atoms with E-state index in [-0.39, 0.29) is 11.3 Å². The van der Waals surface area contributed by atoms with Crippen LogP contribution in [-0.4, -0.2) is 50.5 Å². The van der Waals surface area contributed by atoms with Crippen LogP contribution in [0.5, 0.6) is 5.75 Å². The molecular weight excluding hydrogens is 732 g/mol. The summed E-state index contributed by atoms with van der Waals surface area (Å²) in [5, 5.41) is 25.6. The first-order valence-corrected chi connectivity index (χ1v) is 20.1. The third-order valence-electron chi connectivity index (χ3n) is 9.58. The van der Waals surface area contributed by atoms with Gasteiger partial charge in [-0.25, -0.2) is 4.79 Å². The van der Waals surface area contributed by atoms with E-state index in [1.165, 1.54) is 36.0 Å². The van der Waals surface area contributed by atoms with E-state index in [2.05, 4.69) is 46.9 Å². The Bertz CT molecular complexity index is 2090. The van der Waals surface area contributed by atoms with Gasteiger partial charge in [0.2, 0.25) is 11.3 Å². The molecule has 6 rings (SSSR count). The number of halogens is 1. The first-order valence-electron chi connectivity index (χ1n) is 18.9. The van der Waals surface area contributed by atoms with Crippen molar-refractivity contribution in [1.29, 1.82) is 0 Å². The van der Waals surface area contributed by atoms with Crippen molar-refractivity contribution < 1.29 is 14.3 Å². The van der Waals surface area contributed by atoms with E-state index < -0.39 is 12.0 Å². The molecule has 0 fully saturated rings. The van der Waals surface area contributed by atoms with Crippen LogP contribution in [0.15, 0.2) is 107 Å². The number of unbranched alkanes of at least 4 members (excludes halogenated alkanes) is 3. The molecule has 5 aromatic rings. The number of rotatable bonds is 17. The highest BCUT2D eigenvalue weighted by molar-refractivity contribution is 7.99. The summed E-state index contributed by atoms with van der Waals surface area (Å²) in [4.78, 5) is 27.7. The van der Waals surface area contributed by atoms with E-state index in [0.717, 1.165) is 36.1 Å². The Hall–Kier alpha value is -5.20. The Labute approximate surface area is 331 Å². The molecule has 286 valence electrons. The Morgan fingerprint density at radius 2 is 1.73 bits per heavy atom. The number of aromatic nitrogens is 4. The quantitative estimate of drug-likeness (QED) is 0.0711. The molecule has 1 aliphatic heterocycles. The molecule has 0 aliphatic carbocycles. The van der Waals surface area contributed by atoms with Crippen LogP contribution < -0.4 is 20.4 Å². The number of para-hydroxylation sites is 3. The standard InChI is InChI=1S/C42H47ClN8O3S/c1-5-7-8-10-15-30(6-2)27-44-41(53)45-35-18-13-14-19-36(35)51-40(52)39(38(47-51)31-21-23-32(43)24-22-31)54-37-25-20-28(3)26-34(37)29(4)55-42-46-48-49-50(42)33-16-11-9-12-17-33/h9,11-14,16-26,29-30,39H,5-8,10,15,27H2,1-4H3,(H2,44,45,53). The monoisotopic (exact) mass is 778 g/mol. The summed E-state index contributed by atoms with van der Waals surface area (Å²) in [6.07, 6.45) is 5.75. The van der Waals surface area contributed by atoms with Crippen LogP contribution in [0.3, 0.4) is 0 Å². The first kappa shape index (κ1) is 39.5. The van der Waals surface area contributed by atoms with Crippen molar-refractivity contribution in [2.24, 2.45) is 11.0 Å². The summed E-state index contributed by atoms with van der Waals surface area (Å²) in [6.45, 7) is 9.00. The average Bonchev–Trinajstić information content (AvgIpc) is 3.79. The third kappa shape index (κ3) is 9.92. The van der Waals surface area contributed by atoms with Crippen molar-refractivity contribution in [2.75, 3.05) is 16.9 Å². The van der Waals surface area contributed by atoms with E-state index in [1.54, 1.807) is 35.0 Å². The van der Waals surface area contributed by atoms with Crippen LogP contribution in [-0.2, 0) is 4.79 Å². The fourth-order valence-electron chi connectivity index (χ4n) is 6.45. The molecule has 3 atom stereocenters. The van der Waals surface area contributed by atoms with Crippen LogP contribution in [0, 0.1) is 12.8 Å². The SMILES string of the molecule is CCCCCCC(CC)CNC(=O)Nc1ccccc1N1N=C(c2ccc(Cl)cc2)C(Oc2ccc(C)cc2C(C)Sc2nnnn2-c2ccccc2)C1=O. The zero-order valence-corrected chi connectivity index (χ0v) is 33.2. The smallest absolute Gasteiger partial charge is 0.319 e. The van der Waals surface area contributed by atoms with Gasteiger partial charge >= 0.3 is 6.03 Å². The van der Waals surface area contributed by atoms with Gasteiger partial charge in [-0.2, -0.15) is 14.8 Å². The number of aryl methyl sites for hydroxylation is 1. The second-order valence-corrected chi connectivity index (χ2v) is 15.4. The maximum Gasteiger partial charge on any atom is 0.319 e. The van der Waals surface area contributed by atoms with Crippen molar-refractivity contribution in [2.45, 2.75) is 82.7 Å². The largest absolute Gasteiger partial charge is 0.474 e. The molecule has 0 spiro atoms. The molecule has 4 aromatic carbocycles. The topological polar surface area (TPSA) is 127 Å². The molecule has 0 bridgehead atoms. The number of nitrogens with one attached hydrogen (secondary N) is 2. The third-order valence-corrected chi connectivity index (χ3v) is 10.9. The Morgan fingerprint density at radius 1 is 0.964 bits per heavy atom. The fraction of sp³-hybridized carbons (Fsp3) is 0.333. The molecule has 0 saturated heterocycles. The zero-order chi connectivity index (χ0) is 38.7. The van der Waals surface area contributed by atoms with Crippen LogP contribution in [0.25, 0.3) is 5.69 Å². The van der Waals surface area contributed by atoms with Crippen molar-refractivity contribution in [1.82, 2.24) is 25.5 Å². The van der Waals surface area contributed by atoms with Crippen LogP contribution in [0.4, 0.5) is 16.2 Å². The minimum absolute atomic E-state index is 0.168. The van der Waals surface area contributed by atoms with Gasteiger partial charge < -0.3 is 15.4 Å². The lowest BCUT2D eigenvalue weighted by atomic mass is 9.98. The number of amides is 3. The molecule has 1 aliphatic rings. The minimum Gasteiger partial charge on any atom is -0.474 e. The number of hydrogen-bond acceptors (Lipinski definition) is 8. The Kier molecular flexibility index (Phi) is 13.6. The van der Waals surface area contributed by atoms with Gasteiger partial charge in [0.1, 0.15) is 11.5 Å². The normalized spacial score (nSPS) is 15.1. The van der Waals surface area contributed by atoms with Gasteiger partial charge in [0, 0.05) is 27.9 Å². The van der Waals surface area contributed by atoms with Crippen LogP contribution in [0.1, 0.15) is 81.2 Å². The molecule has 3 amide bonds. The fourth-order valence-corrected chi connectivity index (χ4v) is 7.53. The molecule has 13 heteroatoms. The van der Waals surface area contributed by atoms with E-state index in [9.17, 15) is 9.59 Å². The predicted octanol–water partition coefficient (Wildman–Crippen LogP) is 9.79. The van der Waals surface area contributed by atoms with Crippen molar-refractivity contribution >= 4 is 52.4 Å². The second-order valence-electron chi connectivity index (χ2n) is 13.6. The van der Waals surface area contributed by atoms with Gasteiger partial charge in [0.15, 0.2) is 0 Å². The lowest BCUT2D eigenvalue weighted by Gasteiger charge is -2.22. The first-order chi connectivity index (χ1) is 26.7. The van der Waals surface area contributed by atoms with Crippen molar-refractivity contribution in [3.8, 4) is 11.4 Å². The van der Waals surface area contributed by atoms with Crippen molar-refractivity contribution in [3.63, 3.8) is 0 Å². The van der Waals surface area contributed by atoms with E-state index >= 15 is 0 Å². The Balaban J connectivity index is 1.25. The summed E-state index contributed by atoms with van der Waals surface area (Å²) in [7, 11) is 0. The molecule has 1 aromatic heterocycles. The predicted molar refractivity (Wildman–Crippen MR) is 220 cm³/mol. The van der Waals surface area contributed by atoms with E-state index in [1.807, 2.05) is 73.7 Å². The maximum atomic E-state index is 14.5. The lowest BCUT2D eigenvalue weighted by Crippen LogP contribution is -2.38. The van der Waals surface area contributed by atoms with E-state index in [0.29, 0.717) is 51.0 Å². The molecule has 0 radical (unpaired) electrons. The number of hydrogen-bond donors (Lipinski definition) is 2. The highest BCUT2D eigenvalue weighted by Crippen LogP contribution is 2.40. The number of hydrazone groups is 1. The van der Waals surface area contributed by atoms with Gasteiger partial charge in [-0.05, 0) is 79.1 Å². The van der Waals surface area contributed by atoms with Crippen LogP contribution in [0.2, 0.25) is 5.02 Å². The summed E-state index contributed by atoms with van der Waals surface area (Å²) >= 11 is 7.75. The number of thioether (sulfide) groups is 1. The Morgan fingerprint density at radius 3 is 2.49 bits per heavy atom. The number of urea groups is 1. The van der Waals surface area contributed by atoms with Crippen LogP contribution >= 0.6 is 23.4 Å². The maximum absolute atomic E-state index is 14.5. The zero-order valence-electron chi connectivity index (χ0n) is 31.6. The molecule has 3 unspecified atom stereocenters. The number of carbonyl (C=O) groups is 2. The lowest BCUT2D eigenvalue weighted by molar-refractivity contribution is -0.121. The number of tetrazole rings is 1. The number of nitrogens with zero attached hydrogens (tertiary/aromatic N) is 6. The van der Waals surface area contributed by atoms with Gasteiger partial charge in [-0.1, -0.05) is 129 Å². The highest BCUT2D eigenvalue weighted by atomic mass is 35.5. The molecule has 0 saturated carbocycles. The number of anilines is 2. The highest BCUT2D eigenvalue weighted by Gasteiger charge is 2.41. The molecule has 2 N–H and O–H groups in total. The van der Waals surface area contributed by atoms with Gasteiger partial charge in [-0.15, -0.1) is 5.10 Å². The average molecular weight is 779 g/mol. The van der Waals surface area contributed by atoms with E-state index in [4.69, 9.17) is 21.4 Å². The second kappa shape index (κ2) is 18.9. The molecule has 2 heterocycles. The number of carbonyl (C=O) groups excluding carboxylic acids is 2. The molecule has 11 nitrogen and oxygen atoms in total. The van der Waals surface area contributed by atoms with Gasteiger partial charge in [0.25, 0.3) is 5.91 Å². The summed E-state index contributed by atoms with van der Waals surface area (Å²) in [6, 6.07) is 29.5. The number of ether oxygens (including phenoxy) is 1. The summed E-state index contributed by atoms with van der Waals surface area (Å²) < 4.78 is 8.40.